The number of nitro groups is 1. The Morgan fingerprint density at radius 2 is 2.21 bits per heavy atom. The molecule has 0 atom stereocenters. The Morgan fingerprint density at radius 3 is 2.86 bits per heavy atom. The van der Waals surface area contributed by atoms with E-state index in [1.54, 1.807) is 0 Å². The van der Waals surface area contributed by atoms with Crippen molar-refractivity contribution in [3.8, 4) is 0 Å². The van der Waals surface area contributed by atoms with Crippen LogP contribution in [-0.2, 0) is 0 Å². The Bertz CT molecular complexity index is 519. The number of hydrogen-bond acceptors (Lipinski definition) is 4. The van der Waals surface area contributed by atoms with Crippen molar-refractivity contribution in [2.75, 3.05) is 5.73 Å². The van der Waals surface area contributed by atoms with Gasteiger partial charge in [0, 0.05) is 4.70 Å². The first kappa shape index (κ1) is 8.96. The lowest BCUT2D eigenvalue weighted by molar-refractivity contribution is -0.381. The first-order valence-corrected chi connectivity index (χ1v) is 4.85. The summed E-state index contributed by atoms with van der Waals surface area (Å²) in [5, 5.41) is 11.7. The van der Waals surface area contributed by atoms with E-state index in [1.807, 2.05) is 25.1 Å². The Morgan fingerprint density at radius 1 is 1.50 bits per heavy atom. The predicted octanol–water partition coefficient (Wildman–Crippen LogP) is 2.70. The lowest BCUT2D eigenvalue weighted by atomic mass is 10.1. The van der Waals surface area contributed by atoms with E-state index < -0.39 is 4.92 Å². The highest BCUT2D eigenvalue weighted by Crippen LogP contribution is 2.40. The molecule has 1 aromatic carbocycles. The number of nitrogen functional groups attached to an aromatic ring is 1. The Hall–Kier alpha value is -1.62. The van der Waals surface area contributed by atoms with Gasteiger partial charge in [-0.05, 0) is 18.6 Å². The summed E-state index contributed by atoms with van der Waals surface area (Å²) >= 11 is 1.26. The smallest absolute Gasteiger partial charge is 0.311 e. The van der Waals surface area contributed by atoms with Crippen LogP contribution in [0.1, 0.15) is 5.56 Å². The number of nitrogens with zero attached hydrogens (tertiary/aromatic N) is 1. The Kier molecular flexibility index (Phi) is 1.89. The molecule has 2 N–H and O–H groups in total. The van der Waals surface area contributed by atoms with Crippen LogP contribution in [0.5, 0.6) is 0 Å². The molecule has 0 spiro atoms. The van der Waals surface area contributed by atoms with E-state index in [0.29, 0.717) is 5.39 Å². The maximum Gasteiger partial charge on any atom is 0.311 e. The zero-order valence-electron chi connectivity index (χ0n) is 7.48. The van der Waals surface area contributed by atoms with Crippen LogP contribution in [0.3, 0.4) is 0 Å². The average Bonchev–Trinajstić information content (AvgIpc) is 2.42. The molecule has 1 aromatic heterocycles. The van der Waals surface area contributed by atoms with Crippen LogP contribution in [0.25, 0.3) is 10.1 Å². The van der Waals surface area contributed by atoms with Crippen molar-refractivity contribution in [1.29, 1.82) is 0 Å². The van der Waals surface area contributed by atoms with Crippen molar-refractivity contribution in [3.05, 3.63) is 33.9 Å². The van der Waals surface area contributed by atoms with Gasteiger partial charge < -0.3 is 5.73 Å². The molecule has 0 unspecified atom stereocenters. The summed E-state index contributed by atoms with van der Waals surface area (Å²) in [6.07, 6.45) is 0. The normalized spacial score (nSPS) is 10.6. The number of aryl methyl sites for hydroxylation is 1. The number of fused-ring (bicyclic) bond motifs is 1. The van der Waals surface area contributed by atoms with Gasteiger partial charge in [-0.2, -0.15) is 0 Å². The summed E-state index contributed by atoms with van der Waals surface area (Å²) in [5.74, 6) is 0. The van der Waals surface area contributed by atoms with Gasteiger partial charge in [-0.15, -0.1) is 11.3 Å². The standard InChI is InChI=1S/C9H8N2O2S/c1-5-3-2-4-6-7(5)8(11(12)13)9(10)14-6/h2-4H,10H2,1H3. The molecule has 0 fully saturated rings. The van der Waals surface area contributed by atoms with E-state index in [2.05, 4.69) is 0 Å². The third kappa shape index (κ3) is 1.13. The molecular formula is C9H8N2O2S. The number of benzene rings is 1. The summed E-state index contributed by atoms with van der Waals surface area (Å²) in [7, 11) is 0. The largest absolute Gasteiger partial charge is 0.385 e. The second-order valence-corrected chi connectivity index (χ2v) is 4.10. The summed E-state index contributed by atoms with van der Waals surface area (Å²) in [6, 6.07) is 5.56. The number of hydrogen-bond donors (Lipinski definition) is 1. The molecule has 5 heteroatoms. The predicted molar refractivity (Wildman–Crippen MR) is 57.6 cm³/mol. The van der Waals surface area contributed by atoms with Crippen molar-refractivity contribution >= 4 is 32.1 Å². The van der Waals surface area contributed by atoms with Crippen LogP contribution in [0.2, 0.25) is 0 Å². The molecule has 1 heterocycles. The minimum absolute atomic E-state index is 0.0445. The fourth-order valence-corrected chi connectivity index (χ4v) is 2.52. The molecule has 2 rings (SSSR count). The fourth-order valence-electron chi connectivity index (χ4n) is 1.50. The van der Waals surface area contributed by atoms with Crippen LogP contribution in [0.15, 0.2) is 18.2 Å². The van der Waals surface area contributed by atoms with Gasteiger partial charge in [0.2, 0.25) is 0 Å². The van der Waals surface area contributed by atoms with Gasteiger partial charge in [-0.1, -0.05) is 12.1 Å². The van der Waals surface area contributed by atoms with Crippen molar-refractivity contribution in [3.63, 3.8) is 0 Å². The minimum atomic E-state index is -0.416. The van der Waals surface area contributed by atoms with Gasteiger partial charge in [0.15, 0.2) is 5.00 Å². The molecule has 4 nitrogen and oxygen atoms in total. The lowest BCUT2D eigenvalue weighted by Crippen LogP contribution is -1.91. The Labute approximate surface area is 84.1 Å². The third-order valence-corrected chi connectivity index (χ3v) is 3.08. The van der Waals surface area contributed by atoms with E-state index in [-0.39, 0.29) is 10.7 Å². The summed E-state index contributed by atoms with van der Waals surface area (Å²) in [4.78, 5) is 10.4. The number of rotatable bonds is 1. The second kappa shape index (κ2) is 2.95. The van der Waals surface area contributed by atoms with E-state index >= 15 is 0 Å². The SMILES string of the molecule is Cc1cccc2sc(N)c([N+](=O)[O-])c12. The molecule has 0 saturated heterocycles. The van der Waals surface area contributed by atoms with Crippen LogP contribution >= 0.6 is 11.3 Å². The first-order chi connectivity index (χ1) is 6.61. The van der Waals surface area contributed by atoms with Crippen molar-refractivity contribution in [1.82, 2.24) is 0 Å². The van der Waals surface area contributed by atoms with E-state index in [0.717, 1.165) is 10.3 Å². The second-order valence-electron chi connectivity index (χ2n) is 3.02. The average molecular weight is 208 g/mol. The molecule has 0 aliphatic heterocycles. The van der Waals surface area contributed by atoms with Crippen molar-refractivity contribution in [2.24, 2.45) is 0 Å². The van der Waals surface area contributed by atoms with Gasteiger partial charge >= 0.3 is 5.69 Å². The molecule has 72 valence electrons. The summed E-state index contributed by atoms with van der Waals surface area (Å²) in [5.41, 5.74) is 6.54. The molecule has 0 aliphatic carbocycles. The van der Waals surface area contributed by atoms with E-state index in [9.17, 15) is 10.1 Å². The molecule has 0 bridgehead atoms. The maximum absolute atomic E-state index is 10.8. The third-order valence-electron chi connectivity index (χ3n) is 2.11. The fraction of sp³-hybridized carbons (Fsp3) is 0.111. The minimum Gasteiger partial charge on any atom is -0.385 e. The summed E-state index contributed by atoms with van der Waals surface area (Å²) < 4.78 is 0.870. The Balaban J connectivity index is 2.93. The van der Waals surface area contributed by atoms with E-state index in [1.165, 1.54) is 11.3 Å². The van der Waals surface area contributed by atoms with Gasteiger partial charge in [0.25, 0.3) is 0 Å². The van der Waals surface area contributed by atoms with Crippen LogP contribution in [0.4, 0.5) is 10.7 Å². The van der Waals surface area contributed by atoms with Crippen LogP contribution < -0.4 is 5.73 Å². The van der Waals surface area contributed by atoms with Gasteiger partial charge in [-0.3, -0.25) is 10.1 Å². The molecule has 0 saturated carbocycles. The number of nitrogens with two attached hydrogens (primary N) is 1. The molecule has 2 aromatic rings. The van der Waals surface area contributed by atoms with Crippen LogP contribution in [0, 0.1) is 17.0 Å². The van der Waals surface area contributed by atoms with Gasteiger partial charge in [0.1, 0.15) is 0 Å². The highest BCUT2D eigenvalue weighted by Gasteiger charge is 2.21. The highest BCUT2D eigenvalue weighted by atomic mass is 32.1. The van der Waals surface area contributed by atoms with Gasteiger partial charge in [-0.25, -0.2) is 0 Å². The molecule has 0 radical (unpaired) electrons. The van der Waals surface area contributed by atoms with Crippen LogP contribution in [-0.4, -0.2) is 4.92 Å². The molecule has 0 aliphatic rings. The first-order valence-electron chi connectivity index (χ1n) is 4.03. The quantitative estimate of drug-likeness (QED) is 0.578. The highest BCUT2D eigenvalue weighted by molar-refractivity contribution is 7.23. The topological polar surface area (TPSA) is 69.2 Å². The summed E-state index contributed by atoms with van der Waals surface area (Å²) in [6.45, 7) is 1.85. The maximum atomic E-state index is 10.8. The van der Waals surface area contributed by atoms with Gasteiger partial charge in [0.05, 0.1) is 10.3 Å². The molecule has 14 heavy (non-hydrogen) atoms. The van der Waals surface area contributed by atoms with Crippen molar-refractivity contribution < 1.29 is 4.92 Å². The van der Waals surface area contributed by atoms with Crippen molar-refractivity contribution in [2.45, 2.75) is 6.92 Å². The zero-order chi connectivity index (χ0) is 10.3. The number of anilines is 1. The number of thiophene rings is 1. The molecule has 0 amide bonds. The monoisotopic (exact) mass is 208 g/mol. The van der Waals surface area contributed by atoms with E-state index in [4.69, 9.17) is 5.73 Å². The zero-order valence-corrected chi connectivity index (χ0v) is 8.30. The molecular weight excluding hydrogens is 200 g/mol. The lowest BCUT2D eigenvalue weighted by Gasteiger charge is -1.94.